The van der Waals surface area contributed by atoms with Crippen molar-refractivity contribution in [2.45, 2.75) is 6.92 Å². The predicted molar refractivity (Wildman–Crippen MR) is 44.9 cm³/mol. The molecular formula is C9H12O. The van der Waals surface area contributed by atoms with Crippen molar-refractivity contribution in [3.63, 3.8) is 0 Å². The fraction of sp³-hybridized carbons (Fsp3) is 0.111. The van der Waals surface area contributed by atoms with E-state index in [9.17, 15) is 0 Å². The summed E-state index contributed by atoms with van der Waals surface area (Å²) >= 11 is 0. The second kappa shape index (κ2) is 3.72. The van der Waals surface area contributed by atoms with E-state index in [1.165, 1.54) is 6.08 Å². The monoisotopic (exact) mass is 136 g/mol. The maximum atomic E-state index is 8.74. The van der Waals surface area contributed by atoms with Crippen LogP contribution in [0.4, 0.5) is 0 Å². The summed E-state index contributed by atoms with van der Waals surface area (Å²) < 4.78 is 0. The van der Waals surface area contributed by atoms with Crippen LogP contribution >= 0.6 is 0 Å². The van der Waals surface area contributed by atoms with Gasteiger partial charge < -0.3 is 5.11 Å². The van der Waals surface area contributed by atoms with Gasteiger partial charge in [0.15, 0.2) is 0 Å². The van der Waals surface area contributed by atoms with Gasteiger partial charge in [-0.15, -0.1) is 0 Å². The molecule has 0 saturated carbocycles. The molecule has 1 heteroatoms. The minimum Gasteiger partial charge on any atom is -0.509 e. The third-order valence-electron chi connectivity index (χ3n) is 1.03. The topological polar surface area (TPSA) is 20.2 Å². The third-order valence-corrected chi connectivity index (χ3v) is 1.03. The number of rotatable bonds is 3. The normalized spacial score (nSPS) is 10.7. The van der Waals surface area contributed by atoms with Gasteiger partial charge in [0.25, 0.3) is 0 Å². The van der Waals surface area contributed by atoms with Crippen LogP contribution < -0.4 is 0 Å². The summed E-state index contributed by atoms with van der Waals surface area (Å²) in [4.78, 5) is 0. The molecule has 0 aromatic carbocycles. The highest BCUT2D eigenvalue weighted by molar-refractivity contribution is 5.38. The Hall–Kier alpha value is -1.24. The van der Waals surface area contributed by atoms with Crippen molar-refractivity contribution in [1.82, 2.24) is 0 Å². The average Bonchev–Trinajstić information content (AvgIpc) is 1.81. The van der Waals surface area contributed by atoms with E-state index in [0.717, 1.165) is 11.1 Å². The van der Waals surface area contributed by atoms with E-state index in [2.05, 4.69) is 19.7 Å². The lowest BCUT2D eigenvalue weighted by Crippen LogP contribution is -1.79. The van der Waals surface area contributed by atoms with Crippen molar-refractivity contribution in [2.75, 3.05) is 0 Å². The molecule has 0 amide bonds. The summed E-state index contributed by atoms with van der Waals surface area (Å²) in [7, 11) is 0. The van der Waals surface area contributed by atoms with Gasteiger partial charge in [-0.3, -0.25) is 0 Å². The summed E-state index contributed by atoms with van der Waals surface area (Å²) in [5.74, 6) is 0.0258. The van der Waals surface area contributed by atoms with Crippen LogP contribution in [-0.2, 0) is 0 Å². The van der Waals surface area contributed by atoms with E-state index in [4.69, 9.17) is 5.11 Å². The number of aliphatic hydroxyl groups is 1. The molecule has 0 aliphatic rings. The van der Waals surface area contributed by atoms with Crippen LogP contribution in [0, 0.1) is 0 Å². The van der Waals surface area contributed by atoms with Gasteiger partial charge in [-0.25, -0.2) is 0 Å². The molecule has 0 unspecified atom stereocenters. The molecule has 0 atom stereocenters. The Morgan fingerprint density at radius 2 is 1.90 bits per heavy atom. The highest BCUT2D eigenvalue weighted by Crippen LogP contribution is 2.08. The van der Waals surface area contributed by atoms with Gasteiger partial charge in [0.05, 0.1) is 0 Å². The van der Waals surface area contributed by atoms with Gasteiger partial charge >= 0.3 is 0 Å². The van der Waals surface area contributed by atoms with Gasteiger partial charge in [0.1, 0.15) is 5.76 Å². The van der Waals surface area contributed by atoms with E-state index in [0.29, 0.717) is 0 Å². The van der Waals surface area contributed by atoms with E-state index in [-0.39, 0.29) is 5.76 Å². The molecule has 1 N–H and O–H groups in total. The SMILES string of the molecule is C=C/C(=C/C(=C)O)C(=C)C. The quantitative estimate of drug-likeness (QED) is 0.467. The Labute approximate surface area is 61.7 Å². The first-order valence-electron chi connectivity index (χ1n) is 2.95. The average molecular weight is 136 g/mol. The van der Waals surface area contributed by atoms with E-state index in [1.807, 2.05) is 6.92 Å². The maximum absolute atomic E-state index is 8.74. The number of allylic oxidation sites excluding steroid dienone is 4. The van der Waals surface area contributed by atoms with Crippen molar-refractivity contribution < 1.29 is 5.11 Å². The lowest BCUT2D eigenvalue weighted by molar-refractivity contribution is 0.435. The summed E-state index contributed by atoms with van der Waals surface area (Å²) in [6.07, 6.45) is 3.15. The first-order valence-corrected chi connectivity index (χ1v) is 2.95. The molecular weight excluding hydrogens is 124 g/mol. The van der Waals surface area contributed by atoms with Crippen molar-refractivity contribution in [1.29, 1.82) is 0 Å². The highest BCUT2D eigenvalue weighted by atomic mass is 16.3. The minimum absolute atomic E-state index is 0.0258. The zero-order chi connectivity index (χ0) is 8.15. The number of hydrogen-bond acceptors (Lipinski definition) is 1. The molecule has 0 fully saturated rings. The Bertz CT molecular complexity index is 197. The van der Waals surface area contributed by atoms with Gasteiger partial charge in [-0.1, -0.05) is 31.4 Å². The van der Waals surface area contributed by atoms with Crippen LogP contribution in [0.1, 0.15) is 6.92 Å². The van der Waals surface area contributed by atoms with Crippen molar-refractivity contribution in [3.05, 3.63) is 48.8 Å². The Kier molecular flexibility index (Phi) is 3.26. The first kappa shape index (κ1) is 8.76. The molecule has 0 bridgehead atoms. The predicted octanol–water partition coefficient (Wildman–Crippen LogP) is 2.75. The fourth-order valence-electron chi connectivity index (χ4n) is 0.536. The molecule has 0 aliphatic heterocycles. The van der Waals surface area contributed by atoms with Gasteiger partial charge in [0, 0.05) is 0 Å². The lowest BCUT2D eigenvalue weighted by atomic mass is 10.1. The molecule has 0 heterocycles. The fourth-order valence-corrected chi connectivity index (χ4v) is 0.536. The lowest BCUT2D eigenvalue weighted by Gasteiger charge is -1.97. The Balaban J connectivity index is 4.49. The van der Waals surface area contributed by atoms with E-state index in [1.54, 1.807) is 6.08 Å². The van der Waals surface area contributed by atoms with Crippen LogP contribution in [0.15, 0.2) is 48.8 Å². The molecule has 54 valence electrons. The largest absolute Gasteiger partial charge is 0.509 e. The molecule has 0 aromatic heterocycles. The molecule has 0 rings (SSSR count). The summed E-state index contributed by atoms with van der Waals surface area (Å²) in [6, 6.07) is 0. The Morgan fingerprint density at radius 1 is 1.40 bits per heavy atom. The third kappa shape index (κ3) is 2.92. The van der Waals surface area contributed by atoms with Crippen molar-refractivity contribution in [3.8, 4) is 0 Å². The zero-order valence-electron chi connectivity index (χ0n) is 6.22. The molecule has 10 heavy (non-hydrogen) atoms. The molecule has 0 aromatic rings. The molecule has 1 nitrogen and oxygen atoms in total. The van der Waals surface area contributed by atoms with Crippen LogP contribution in [0.5, 0.6) is 0 Å². The smallest absolute Gasteiger partial charge is 0.109 e. The van der Waals surface area contributed by atoms with Crippen LogP contribution in [0.2, 0.25) is 0 Å². The zero-order valence-corrected chi connectivity index (χ0v) is 6.22. The Morgan fingerprint density at radius 3 is 2.00 bits per heavy atom. The van der Waals surface area contributed by atoms with E-state index < -0.39 is 0 Å². The second-order valence-electron chi connectivity index (χ2n) is 2.08. The van der Waals surface area contributed by atoms with Crippen LogP contribution in [0.25, 0.3) is 0 Å². The van der Waals surface area contributed by atoms with Gasteiger partial charge in [-0.2, -0.15) is 0 Å². The first-order chi connectivity index (χ1) is 4.57. The van der Waals surface area contributed by atoms with Gasteiger partial charge in [0.2, 0.25) is 0 Å². The molecule has 0 aliphatic carbocycles. The van der Waals surface area contributed by atoms with E-state index >= 15 is 0 Å². The van der Waals surface area contributed by atoms with Gasteiger partial charge in [-0.05, 0) is 18.6 Å². The van der Waals surface area contributed by atoms with Crippen LogP contribution in [-0.4, -0.2) is 5.11 Å². The standard InChI is InChI=1S/C9H12O/c1-5-9(7(2)3)6-8(4)10/h5-6,10H,1-2,4H2,3H3/b9-6-. The molecule has 0 saturated heterocycles. The molecule has 0 spiro atoms. The number of hydrogen-bond donors (Lipinski definition) is 1. The maximum Gasteiger partial charge on any atom is 0.109 e. The minimum atomic E-state index is 0.0258. The van der Waals surface area contributed by atoms with Crippen molar-refractivity contribution in [2.24, 2.45) is 0 Å². The summed E-state index contributed by atoms with van der Waals surface area (Å²) in [5.41, 5.74) is 1.68. The van der Waals surface area contributed by atoms with Crippen LogP contribution in [0.3, 0.4) is 0 Å². The molecule has 0 radical (unpaired) electrons. The number of aliphatic hydroxyl groups excluding tert-OH is 1. The highest BCUT2D eigenvalue weighted by Gasteiger charge is 1.90. The summed E-state index contributed by atoms with van der Waals surface area (Å²) in [5, 5.41) is 8.74. The summed E-state index contributed by atoms with van der Waals surface area (Å²) in [6.45, 7) is 12.4. The van der Waals surface area contributed by atoms with Crippen molar-refractivity contribution >= 4 is 0 Å². The second-order valence-corrected chi connectivity index (χ2v) is 2.08.